The number of hydrogen-bond donors (Lipinski definition) is 0. The molecule has 0 bridgehead atoms. The Kier molecular flexibility index (Phi) is 6.25. The van der Waals surface area contributed by atoms with Crippen LogP contribution in [0.4, 0.5) is 15.8 Å². The minimum Gasteiger partial charge on any atom is -0.367 e. The summed E-state index contributed by atoms with van der Waals surface area (Å²) in [6.45, 7) is 5.15. The molecule has 2 aliphatic rings. The van der Waals surface area contributed by atoms with Crippen LogP contribution in [-0.2, 0) is 10.0 Å². The van der Waals surface area contributed by atoms with Crippen LogP contribution < -0.4 is 9.21 Å². The van der Waals surface area contributed by atoms with E-state index in [4.69, 9.17) is 0 Å². The molecule has 0 N–H and O–H groups in total. The zero-order valence-corrected chi connectivity index (χ0v) is 19.6. The zero-order valence-electron chi connectivity index (χ0n) is 18.8. The molecular weight excluding hydrogens is 437 g/mol. The maximum absolute atomic E-state index is 14.0. The number of rotatable bonds is 8. The number of para-hydroxylation sites is 1. The second-order valence-corrected chi connectivity index (χ2v) is 10.7. The van der Waals surface area contributed by atoms with Crippen molar-refractivity contribution in [2.24, 2.45) is 0 Å². The van der Waals surface area contributed by atoms with Crippen LogP contribution in [0.25, 0.3) is 10.8 Å². The first-order chi connectivity index (χ1) is 16.1. The molecule has 3 aromatic carbocycles. The molecule has 0 aliphatic carbocycles. The number of halogens is 1. The highest BCUT2D eigenvalue weighted by Crippen LogP contribution is 2.42. The molecule has 5 rings (SSSR count). The van der Waals surface area contributed by atoms with Crippen molar-refractivity contribution in [1.29, 1.82) is 0 Å². The standard InChI is InChI=1S/C26H30FN3O2S/c27-22-11-3-4-12-23(22)29-19-17-28(18-20-29)15-5-1-2-6-16-30-24-13-7-9-21-10-8-14-25(26(21)24)33(30,31)32/h3-4,7-14H,1-2,5-6,15-20H2. The smallest absolute Gasteiger partial charge is 0.265 e. The third-order valence-electron chi connectivity index (χ3n) is 6.83. The van der Waals surface area contributed by atoms with E-state index in [1.807, 2.05) is 42.5 Å². The molecule has 0 amide bonds. The second-order valence-electron chi connectivity index (χ2n) is 8.90. The molecule has 0 unspecified atom stereocenters. The van der Waals surface area contributed by atoms with E-state index in [1.165, 1.54) is 6.07 Å². The average molecular weight is 468 g/mol. The van der Waals surface area contributed by atoms with E-state index in [2.05, 4.69) is 9.80 Å². The summed E-state index contributed by atoms with van der Waals surface area (Å²) in [5.74, 6) is -0.148. The Morgan fingerprint density at radius 1 is 0.727 bits per heavy atom. The van der Waals surface area contributed by atoms with E-state index in [1.54, 1.807) is 16.4 Å². The van der Waals surface area contributed by atoms with Gasteiger partial charge in [0.15, 0.2) is 0 Å². The summed E-state index contributed by atoms with van der Waals surface area (Å²) >= 11 is 0. The number of hydrogen-bond acceptors (Lipinski definition) is 4. The summed E-state index contributed by atoms with van der Waals surface area (Å²) in [6, 6.07) is 18.3. The summed E-state index contributed by atoms with van der Waals surface area (Å²) < 4.78 is 41.7. The van der Waals surface area contributed by atoms with Crippen LogP contribution in [0.15, 0.2) is 65.6 Å². The summed E-state index contributed by atoms with van der Waals surface area (Å²) in [7, 11) is -3.45. The van der Waals surface area contributed by atoms with Crippen LogP contribution in [0.3, 0.4) is 0 Å². The number of benzene rings is 3. The fourth-order valence-electron chi connectivity index (χ4n) is 5.06. The molecule has 0 aromatic heterocycles. The summed E-state index contributed by atoms with van der Waals surface area (Å²) in [4.78, 5) is 5.01. The highest BCUT2D eigenvalue weighted by Gasteiger charge is 2.34. The minimum atomic E-state index is -3.45. The molecule has 2 heterocycles. The lowest BCUT2D eigenvalue weighted by atomic mass is 10.1. The van der Waals surface area contributed by atoms with Gasteiger partial charge in [0.1, 0.15) is 5.82 Å². The molecule has 0 spiro atoms. The van der Waals surface area contributed by atoms with Crippen LogP contribution in [-0.4, -0.2) is 52.6 Å². The summed E-state index contributed by atoms with van der Waals surface area (Å²) in [5, 5.41) is 1.83. The third kappa shape index (κ3) is 4.32. The van der Waals surface area contributed by atoms with Gasteiger partial charge in [-0.2, -0.15) is 0 Å². The van der Waals surface area contributed by atoms with E-state index in [-0.39, 0.29) is 5.82 Å². The monoisotopic (exact) mass is 467 g/mol. The molecule has 1 saturated heterocycles. The predicted octanol–water partition coefficient (Wildman–Crippen LogP) is 4.87. The summed E-state index contributed by atoms with van der Waals surface area (Å²) in [6.07, 6.45) is 4.04. The van der Waals surface area contributed by atoms with Gasteiger partial charge in [-0.1, -0.05) is 49.2 Å². The van der Waals surface area contributed by atoms with Gasteiger partial charge < -0.3 is 4.90 Å². The van der Waals surface area contributed by atoms with E-state index >= 15 is 0 Å². The third-order valence-corrected chi connectivity index (χ3v) is 8.69. The molecule has 0 atom stereocenters. The Morgan fingerprint density at radius 2 is 1.39 bits per heavy atom. The van der Waals surface area contributed by atoms with Crippen LogP contribution in [0.5, 0.6) is 0 Å². The van der Waals surface area contributed by atoms with Crippen molar-refractivity contribution in [2.45, 2.75) is 30.6 Å². The van der Waals surface area contributed by atoms with Crippen LogP contribution in [0, 0.1) is 5.82 Å². The molecule has 3 aromatic rings. The SMILES string of the molecule is O=S1(=O)c2cccc3cccc(c23)N1CCCCCCN1CCN(c2ccccc2F)CC1. The van der Waals surface area contributed by atoms with Gasteiger partial charge in [0, 0.05) is 38.1 Å². The maximum atomic E-state index is 14.0. The Morgan fingerprint density at radius 3 is 2.15 bits per heavy atom. The van der Waals surface area contributed by atoms with E-state index in [9.17, 15) is 12.8 Å². The van der Waals surface area contributed by atoms with E-state index < -0.39 is 10.0 Å². The fraction of sp³-hybridized carbons (Fsp3) is 0.385. The summed E-state index contributed by atoms with van der Waals surface area (Å²) in [5.41, 5.74) is 1.52. The highest BCUT2D eigenvalue weighted by molar-refractivity contribution is 7.93. The van der Waals surface area contributed by atoms with Gasteiger partial charge in [0.25, 0.3) is 10.0 Å². The maximum Gasteiger partial charge on any atom is 0.265 e. The largest absolute Gasteiger partial charge is 0.367 e. The average Bonchev–Trinajstić information content (AvgIpc) is 3.05. The van der Waals surface area contributed by atoms with Crippen LogP contribution in [0.1, 0.15) is 25.7 Å². The predicted molar refractivity (Wildman–Crippen MR) is 132 cm³/mol. The van der Waals surface area contributed by atoms with Gasteiger partial charge >= 0.3 is 0 Å². The van der Waals surface area contributed by atoms with Gasteiger partial charge in [0.05, 0.1) is 16.3 Å². The molecule has 2 aliphatic heterocycles. The van der Waals surface area contributed by atoms with Crippen molar-refractivity contribution in [1.82, 2.24) is 4.90 Å². The van der Waals surface area contributed by atoms with Gasteiger partial charge in [-0.3, -0.25) is 9.21 Å². The Balaban J connectivity index is 1.06. The lowest BCUT2D eigenvalue weighted by Gasteiger charge is -2.36. The van der Waals surface area contributed by atoms with Gasteiger partial charge in [0.2, 0.25) is 0 Å². The van der Waals surface area contributed by atoms with Crippen molar-refractivity contribution in [2.75, 3.05) is 48.5 Å². The first-order valence-electron chi connectivity index (χ1n) is 11.8. The van der Waals surface area contributed by atoms with Gasteiger partial charge in [-0.05, 0) is 49.0 Å². The van der Waals surface area contributed by atoms with E-state index in [0.717, 1.165) is 74.9 Å². The normalized spacial score (nSPS) is 17.7. The number of unbranched alkanes of at least 4 members (excludes halogenated alkanes) is 3. The molecule has 0 radical (unpaired) electrons. The Hall–Kier alpha value is -2.64. The molecule has 174 valence electrons. The first kappa shape index (κ1) is 22.2. The van der Waals surface area contributed by atoms with Crippen LogP contribution in [0.2, 0.25) is 0 Å². The Labute approximate surface area is 195 Å². The first-order valence-corrected chi connectivity index (χ1v) is 13.3. The lowest BCUT2D eigenvalue weighted by Crippen LogP contribution is -2.46. The molecule has 0 saturated carbocycles. The molecule has 1 fully saturated rings. The number of nitrogens with zero attached hydrogens (tertiary/aromatic N) is 3. The molecular formula is C26H30FN3O2S. The van der Waals surface area contributed by atoms with Crippen molar-refractivity contribution in [3.05, 3.63) is 66.5 Å². The second kappa shape index (κ2) is 9.31. The van der Waals surface area contributed by atoms with E-state index in [0.29, 0.717) is 17.1 Å². The van der Waals surface area contributed by atoms with Crippen molar-refractivity contribution in [3.63, 3.8) is 0 Å². The van der Waals surface area contributed by atoms with Gasteiger partial charge in [-0.15, -0.1) is 0 Å². The number of sulfonamides is 1. The topological polar surface area (TPSA) is 43.9 Å². The van der Waals surface area contributed by atoms with Crippen molar-refractivity contribution in [3.8, 4) is 0 Å². The molecule has 33 heavy (non-hydrogen) atoms. The minimum absolute atomic E-state index is 0.148. The van der Waals surface area contributed by atoms with Crippen molar-refractivity contribution < 1.29 is 12.8 Å². The van der Waals surface area contributed by atoms with Gasteiger partial charge in [-0.25, -0.2) is 12.8 Å². The number of piperazine rings is 1. The Bertz CT molecular complexity index is 1230. The fourth-order valence-corrected chi connectivity index (χ4v) is 6.81. The van der Waals surface area contributed by atoms with Crippen LogP contribution >= 0.6 is 0 Å². The number of anilines is 2. The highest BCUT2D eigenvalue weighted by atomic mass is 32.2. The zero-order chi connectivity index (χ0) is 22.8. The molecule has 7 heteroatoms. The lowest BCUT2D eigenvalue weighted by molar-refractivity contribution is 0.251. The van der Waals surface area contributed by atoms with Crippen molar-refractivity contribution >= 4 is 32.2 Å². The quantitative estimate of drug-likeness (QED) is 0.444. The molecule has 5 nitrogen and oxygen atoms in total.